The minimum Gasteiger partial charge on any atom is -0.453 e. The number of carbonyl (C=O) groups excluding carboxylic acids is 2. The first kappa shape index (κ1) is 32.1. The minimum absolute atomic E-state index is 0.0880. The van der Waals surface area contributed by atoms with Gasteiger partial charge in [-0.1, -0.05) is 62.8 Å². The number of likely N-dealkylation sites (tertiary alicyclic amines) is 1. The number of alkyl carbamates (subject to hydrolysis) is 1. The first-order valence-corrected chi connectivity index (χ1v) is 16.0. The van der Waals surface area contributed by atoms with Crippen LogP contribution in [0.25, 0.3) is 0 Å². The number of aliphatic hydroxyl groups excluding tert-OH is 1. The average Bonchev–Trinajstić information content (AvgIpc) is 3.43. The number of ether oxygens (including phenoxy) is 3. The lowest BCUT2D eigenvalue weighted by Crippen LogP contribution is -2.44. The minimum atomic E-state index is -0.615. The van der Waals surface area contributed by atoms with Gasteiger partial charge < -0.3 is 29.5 Å². The second-order valence-corrected chi connectivity index (χ2v) is 12.9. The number of nitrogens with zero attached hydrogens (tertiary/aromatic N) is 1. The maximum absolute atomic E-state index is 13.8. The summed E-state index contributed by atoms with van der Waals surface area (Å²) in [5, 5.41) is 14.7. The molecule has 0 bridgehead atoms. The predicted octanol–water partition coefficient (Wildman–Crippen LogP) is 5.75. The van der Waals surface area contributed by atoms with E-state index in [4.69, 9.17) is 21.1 Å². The molecule has 2 saturated heterocycles. The zero-order valence-electron chi connectivity index (χ0n) is 24.8. The summed E-state index contributed by atoms with van der Waals surface area (Å²) in [7, 11) is 1.33. The summed E-state index contributed by atoms with van der Waals surface area (Å²) in [6, 6.07) is 7.67. The molecule has 0 spiro atoms. The van der Waals surface area contributed by atoms with Gasteiger partial charge in [0.15, 0.2) is 0 Å². The van der Waals surface area contributed by atoms with E-state index >= 15 is 0 Å². The summed E-state index contributed by atoms with van der Waals surface area (Å²) >= 11 is 6.33. The van der Waals surface area contributed by atoms with Gasteiger partial charge in [-0.05, 0) is 61.1 Å². The predicted molar refractivity (Wildman–Crippen MR) is 159 cm³/mol. The van der Waals surface area contributed by atoms with E-state index in [-0.39, 0.29) is 30.0 Å². The van der Waals surface area contributed by atoms with Crippen LogP contribution in [0.15, 0.2) is 24.3 Å². The van der Waals surface area contributed by atoms with Crippen LogP contribution >= 0.6 is 11.6 Å². The van der Waals surface area contributed by atoms with Crippen LogP contribution in [-0.4, -0.2) is 74.2 Å². The fourth-order valence-electron chi connectivity index (χ4n) is 6.99. The van der Waals surface area contributed by atoms with Gasteiger partial charge in [0, 0.05) is 43.6 Å². The third-order valence-corrected chi connectivity index (χ3v) is 9.40. The largest absolute Gasteiger partial charge is 0.453 e. The molecule has 4 rings (SSSR count). The van der Waals surface area contributed by atoms with Crippen molar-refractivity contribution in [1.29, 1.82) is 0 Å². The number of hydrogen-bond donors (Lipinski definition) is 2. The molecular formula is C32H49ClN2O6. The van der Waals surface area contributed by atoms with Crippen LogP contribution in [0.2, 0.25) is 5.02 Å². The molecule has 41 heavy (non-hydrogen) atoms. The van der Waals surface area contributed by atoms with Crippen molar-refractivity contribution in [1.82, 2.24) is 10.2 Å². The van der Waals surface area contributed by atoms with Crippen molar-refractivity contribution in [3.8, 4) is 0 Å². The Balaban J connectivity index is 1.42. The van der Waals surface area contributed by atoms with E-state index in [0.717, 1.165) is 31.2 Å². The number of aliphatic hydroxyl groups is 1. The Hall–Kier alpha value is -1.87. The lowest BCUT2D eigenvalue weighted by Gasteiger charge is -2.38. The second kappa shape index (κ2) is 16.1. The van der Waals surface area contributed by atoms with Crippen molar-refractivity contribution in [3.05, 3.63) is 34.9 Å². The number of hydrogen-bond acceptors (Lipinski definition) is 6. The molecule has 230 valence electrons. The van der Waals surface area contributed by atoms with Crippen molar-refractivity contribution < 1.29 is 28.9 Å². The van der Waals surface area contributed by atoms with Crippen molar-refractivity contribution in [2.75, 3.05) is 40.0 Å². The van der Waals surface area contributed by atoms with Gasteiger partial charge in [-0.2, -0.15) is 0 Å². The number of methoxy groups -OCH3 is 1. The Labute approximate surface area is 250 Å². The molecule has 0 radical (unpaired) electrons. The number of piperidine rings is 1. The quantitative estimate of drug-likeness (QED) is 0.300. The zero-order valence-corrected chi connectivity index (χ0v) is 25.5. The van der Waals surface area contributed by atoms with Crippen LogP contribution in [-0.2, 0) is 19.0 Å². The van der Waals surface area contributed by atoms with Crippen LogP contribution < -0.4 is 5.32 Å². The van der Waals surface area contributed by atoms with Crippen molar-refractivity contribution in [3.63, 3.8) is 0 Å². The molecule has 1 saturated carbocycles. The highest BCUT2D eigenvalue weighted by molar-refractivity contribution is 6.30. The summed E-state index contributed by atoms with van der Waals surface area (Å²) < 4.78 is 16.9. The molecule has 0 unspecified atom stereocenters. The van der Waals surface area contributed by atoms with Crippen LogP contribution in [0.5, 0.6) is 0 Å². The molecule has 6 atom stereocenters. The highest BCUT2D eigenvalue weighted by atomic mass is 35.5. The summed E-state index contributed by atoms with van der Waals surface area (Å²) in [5.74, 6) is 1.12. The highest BCUT2D eigenvalue weighted by Crippen LogP contribution is 2.37. The SMILES string of the molecule is COC(=O)NCCO[C@@H](c1cccc(Cl)c1)[C@@H]1CCCN(C(=O)C[C@@H](CC2CCCCC2)[C@@H](O)[C@@H]2C[C@H](C)CO2)C1. The monoisotopic (exact) mass is 592 g/mol. The number of amides is 2. The number of rotatable bonds is 12. The third kappa shape index (κ3) is 9.57. The van der Waals surface area contributed by atoms with E-state index in [0.29, 0.717) is 56.1 Å². The Morgan fingerprint density at radius 1 is 1.20 bits per heavy atom. The van der Waals surface area contributed by atoms with E-state index < -0.39 is 12.2 Å². The first-order chi connectivity index (χ1) is 19.8. The smallest absolute Gasteiger partial charge is 0.406 e. The number of benzene rings is 1. The Kier molecular flexibility index (Phi) is 12.6. The zero-order chi connectivity index (χ0) is 29.2. The maximum Gasteiger partial charge on any atom is 0.406 e. The Bertz CT molecular complexity index is 973. The van der Waals surface area contributed by atoms with Crippen molar-refractivity contribution >= 4 is 23.6 Å². The maximum atomic E-state index is 13.8. The van der Waals surface area contributed by atoms with Gasteiger partial charge in [0.2, 0.25) is 5.91 Å². The summed E-state index contributed by atoms with van der Waals surface area (Å²) in [6.45, 7) is 4.77. The Morgan fingerprint density at radius 2 is 2.00 bits per heavy atom. The number of carbonyl (C=O) groups is 2. The summed E-state index contributed by atoms with van der Waals surface area (Å²) in [6.07, 6.45) is 8.50. The van der Waals surface area contributed by atoms with Gasteiger partial charge in [-0.15, -0.1) is 0 Å². The molecule has 3 fully saturated rings. The van der Waals surface area contributed by atoms with Crippen LogP contribution in [0.1, 0.15) is 82.8 Å². The lowest BCUT2D eigenvalue weighted by atomic mass is 9.78. The van der Waals surface area contributed by atoms with E-state index in [1.54, 1.807) is 0 Å². The third-order valence-electron chi connectivity index (χ3n) is 9.16. The molecule has 9 heteroatoms. The second-order valence-electron chi connectivity index (χ2n) is 12.4. The summed E-state index contributed by atoms with van der Waals surface area (Å²) in [5.41, 5.74) is 0.966. The molecule has 1 aromatic rings. The fourth-order valence-corrected chi connectivity index (χ4v) is 7.19. The topological polar surface area (TPSA) is 97.3 Å². The molecular weight excluding hydrogens is 544 g/mol. The molecule has 0 aromatic heterocycles. The fraction of sp³-hybridized carbons (Fsp3) is 0.750. The molecule has 2 amide bonds. The van der Waals surface area contributed by atoms with E-state index in [1.807, 2.05) is 29.2 Å². The molecule has 2 N–H and O–H groups in total. The van der Waals surface area contributed by atoms with Gasteiger partial charge >= 0.3 is 6.09 Å². The molecule has 8 nitrogen and oxygen atoms in total. The molecule has 1 aliphatic carbocycles. The Morgan fingerprint density at radius 3 is 2.71 bits per heavy atom. The van der Waals surface area contributed by atoms with Gasteiger partial charge in [-0.3, -0.25) is 4.79 Å². The van der Waals surface area contributed by atoms with E-state index in [9.17, 15) is 14.7 Å². The van der Waals surface area contributed by atoms with Gasteiger partial charge in [0.05, 0.1) is 32.0 Å². The molecule has 2 heterocycles. The van der Waals surface area contributed by atoms with Crippen LogP contribution in [0.3, 0.4) is 0 Å². The van der Waals surface area contributed by atoms with Gasteiger partial charge in [-0.25, -0.2) is 4.79 Å². The molecule has 3 aliphatic rings. The van der Waals surface area contributed by atoms with Gasteiger partial charge in [0.1, 0.15) is 0 Å². The average molecular weight is 593 g/mol. The van der Waals surface area contributed by atoms with E-state index in [2.05, 4.69) is 17.0 Å². The lowest BCUT2D eigenvalue weighted by molar-refractivity contribution is -0.138. The van der Waals surface area contributed by atoms with Crippen molar-refractivity contribution in [2.24, 2.45) is 23.7 Å². The number of halogens is 1. The molecule has 2 aliphatic heterocycles. The highest BCUT2D eigenvalue weighted by Gasteiger charge is 2.38. The first-order valence-electron chi connectivity index (χ1n) is 15.6. The standard InChI is InChI=1S/C32H49ClN2O6/c1-22-16-28(41-21-22)30(37)26(17-23-8-4-3-5-9-23)19-29(36)35-14-7-11-25(20-35)31(24-10-6-12-27(33)18-24)40-15-13-34-32(38)39-2/h6,10,12,18,22-23,25-26,28,30-31,37H,3-5,7-9,11,13-17,19-21H2,1-2H3,(H,34,38)/t22-,25+,26+,28-,30+,31-/m0/s1. The molecule has 1 aromatic carbocycles. The van der Waals surface area contributed by atoms with Crippen molar-refractivity contribution in [2.45, 2.75) is 89.4 Å². The van der Waals surface area contributed by atoms with Crippen LogP contribution in [0.4, 0.5) is 4.79 Å². The normalized spacial score (nSPS) is 25.9. The van der Waals surface area contributed by atoms with E-state index in [1.165, 1.54) is 39.2 Å². The van der Waals surface area contributed by atoms with Gasteiger partial charge in [0.25, 0.3) is 0 Å². The van der Waals surface area contributed by atoms with Crippen LogP contribution in [0, 0.1) is 23.7 Å². The number of nitrogens with one attached hydrogen (secondary N) is 1. The summed E-state index contributed by atoms with van der Waals surface area (Å²) in [4.78, 5) is 27.3.